The van der Waals surface area contributed by atoms with E-state index in [-0.39, 0.29) is 33.3 Å². The minimum absolute atomic E-state index is 0.0188. The second-order valence-electron chi connectivity index (χ2n) is 7.47. The minimum Gasteiger partial charge on any atom is -0.354 e. The van der Waals surface area contributed by atoms with Crippen LogP contribution in [0, 0.1) is 5.82 Å². The molecule has 0 aliphatic carbocycles. The van der Waals surface area contributed by atoms with Crippen LogP contribution in [-0.2, 0) is 9.53 Å². The predicted molar refractivity (Wildman–Crippen MR) is 121 cm³/mol. The zero-order valence-corrected chi connectivity index (χ0v) is 19.5. The maximum Gasteiger partial charge on any atom is 0.225 e. The maximum atomic E-state index is 14.9. The van der Waals surface area contributed by atoms with E-state index in [1.807, 2.05) is 14.7 Å². The molecule has 2 aromatic heterocycles. The SMILES string of the molecule is CC(=O)NCC1CN(c2cnc(N3CCN(c4nc(Cl)nc(Cl)c4Cl)CC3)c(F)c2)CO1. The van der Waals surface area contributed by atoms with Crippen molar-refractivity contribution in [2.24, 2.45) is 0 Å². The summed E-state index contributed by atoms with van der Waals surface area (Å²) in [7, 11) is 0. The Labute approximate surface area is 199 Å². The topological polar surface area (TPSA) is 86.7 Å². The summed E-state index contributed by atoms with van der Waals surface area (Å²) in [5.41, 5.74) is 0.632. The monoisotopic (exact) mass is 503 g/mol. The number of aromatic nitrogens is 3. The summed E-state index contributed by atoms with van der Waals surface area (Å²) in [6, 6.07) is 1.46. The number of carbonyl (C=O) groups is 1. The van der Waals surface area contributed by atoms with Gasteiger partial charge in [0.25, 0.3) is 0 Å². The van der Waals surface area contributed by atoms with Crippen molar-refractivity contribution >= 4 is 58.0 Å². The van der Waals surface area contributed by atoms with E-state index in [0.29, 0.717) is 57.5 Å². The van der Waals surface area contributed by atoms with Gasteiger partial charge in [0.05, 0.1) is 18.0 Å². The first kappa shape index (κ1) is 23.0. The second kappa shape index (κ2) is 9.78. The largest absolute Gasteiger partial charge is 0.354 e. The highest BCUT2D eigenvalue weighted by Gasteiger charge is 2.27. The van der Waals surface area contributed by atoms with Crippen molar-refractivity contribution in [2.45, 2.75) is 13.0 Å². The van der Waals surface area contributed by atoms with Crippen molar-refractivity contribution in [1.29, 1.82) is 0 Å². The Morgan fingerprint density at radius 3 is 2.50 bits per heavy atom. The number of carbonyl (C=O) groups excluding carboxylic acids is 1. The number of rotatable bonds is 5. The highest BCUT2D eigenvalue weighted by Crippen LogP contribution is 2.32. The molecule has 1 amide bonds. The maximum absolute atomic E-state index is 14.9. The molecule has 2 fully saturated rings. The number of piperazine rings is 1. The summed E-state index contributed by atoms with van der Waals surface area (Å²) >= 11 is 18.1. The predicted octanol–water partition coefficient (Wildman–Crippen LogP) is 2.60. The molecular formula is C19H21Cl3FN7O2. The van der Waals surface area contributed by atoms with Crippen LogP contribution in [0.3, 0.4) is 0 Å². The lowest BCUT2D eigenvalue weighted by Crippen LogP contribution is -2.47. The van der Waals surface area contributed by atoms with Gasteiger partial charge in [0.2, 0.25) is 11.2 Å². The van der Waals surface area contributed by atoms with Gasteiger partial charge in [-0.2, -0.15) is 4.98 Å². The molecule has 2 aromatic rings. The van der Waals surface area contributed by atoms with E-state index in [4.69, 9.17) is 39.5 Å². The normalized spacial score (nSPS) is 18.9. The lowest BCUT2D eigenvalue weighted by atomic mass is 10.2. The first-order valence-corrected chi connectivity index (χ1v) is 11.1. The Hall–Kier alpha value is -2.14. The van der Waals surface area contributed by atoms with E-state index in [2.05, 4.69) is 20.3 Å². The number of nitrogens with zero attached hydrogens (tertiary/aromatic N) is 6. The Balaban J connectivity index is 1.38. The number of halogens is 4. The molecule has 2 saturated heterocycles. The molecule has 2 aliphatic rings. The third-order valence-electron chi connectivity index (χ3n) is 5.29. The highest BCUT2D eigenvalue weighted by atomic mass is 35.5. The molecule has 0 radical (unpaired) electrons. The van der Waals surface area contributed by atoms with Crippen LogP contribution < -0.4 is 20.0 Å². The van der Waals surface area contributed by atoms with Gasteiger partial charge in [-0.05, 0) is 11.6 Å². The molecule has 0 saturated carbocycles. The van der Waals surface area contributed by atoms with Crippen molar-refractivity contribution in [3.05, 3.63) is 33.5 Å². The smallest absolute Gasteiger partial charge is 0.225 e. The molecule has 1 atom stereocenters. The fraction of sp³-hybridized carbons (Fsp3) is 0.474. The first-order chi connectivity index (χ1) is 15.3. The van der Waals surface area contributed by atoms with E-state index in [1.165, 1.54) is 13.0 Å². The lowest BCUT2D eigenvalue weighted by Gasteiger charge is -2.36. The van der Waals surface area contributed by atoms with Gasteiger partial charge in [0, 0.05) is 52.3 Å². The summed E-state index contributed by atoms with van der Waals surface area (Å²) in [6.07, 6.45) is 1.49. The lowest BCUT2D eigenvalue weighted by molar-refractivity contribution is -0.119. The van der Waals surface area contributed by atoms with E-state index < -0.39 is 5.82 Å². The van der Waals surface area contributed by atoms with Gasteiger partial charge in [-0.1, -0.05) is 23.2 Å². The second-order valence-corrected chi connectivity index (χ2v) is 8.55. The van der Waals surface area contributed by atoms with Gasteiger partial charge in [-0.25, -0.2) is 14.4 Å². The average Bonchev–Trinajstić information content (AvgIpc) is 3.24. The molecule has 4 rings (SSSR count). The zero-order chi connectivity index (χ0) is 22.8. The Morgan fingerprint density at radius 2 is 1.84 bits per heavy atom. The third kappa shape index (κ3) is 5.09. The minimum atomic E-state index is -0.410. The molecule has 9 nitrogen and oxygen atoms in total. The molecular weight excluding hydrogens is 484 g/mol. The van der Waals surface area contributed by atoms with Crippen molar-refractivity contribution < 1.29 is 13.9 Å². The van der Waals surface area contributed by atoms with Crippen LogP contribution in [-0.4, -0.2) is 73.0 Å². The fourth-order valence-electron chi connectivity index (χ4n) is 3.66. The fourth-order valence-corrected chi connectivity index (χ4v) is 4.23. The van der Waals surface area contributed by atoms with Crippen molar-refractivity contribution in [1.82, 2.24) is 20.3 Å². The molecule has 0 bridgehead atoms. The summed E-state index contributed by atoms with van der Waals surface area (Å²) in [4.78, 5) is 29.1. The van der Waals surface area contributed by atoms with Crippen LogP contribution in [0.25, 0.3) is 0 Å². The molecule has 1 unspecified atom stereocenters. The molecule has 32 heavy (non-hydrogen) atoms. The Bertz CT molecular complexity index is 1010. The quantitative estimate of drug-likeness (QED) is 0.491. The number of hydrogen-bond acceptors (Lipinski definition) is 8. The van der Waals surface area contributed by atoms with Crippen molar-refractivity contribution in [3.8, 4) is 0 Å². The number of nitrogens with one attached hydrogen (secondary N) is 1. The molecule has 1 N–H and O–H groups in total. The Morgan fingerprint density at radius 1 is 1.16 bits per heavy atom. The van der Waals surface area contributed by atoms with E-state index >= 15 is 0 Å². The van der Waals surface area contributed by atoms with Crippen molar-refractivity contribution in [3.63, 3.8) is 0 Å². The van der Waals surface area contributed by atoms with Crippen LogP contribution in [0.2, 0.25) is 15.5 Å². The molecule has 2 aliphatic heterocycles. The third-order valence-corrected chi connectivity index (χ3v) is 6.17. The van der Waals surface area contributed by atoms with Crippen LogP contribution in [0.1, 0.15) is 6.92 Å². The molecule has 0 aromatic carbocycles. The molecule has 172 valence electrons. The van der Waals surface area contributed by atoms with Gasteiger partial charge in [-0.15, -0.1) is 0 Å². The van der Waals surface area contributed by atoms with Crippen LogP contribution in [0.5, 0.6) is 0 Å². The first-order valence-electron chi connectivity index (χ1n) is 9.96. The molecule has 4 heterocycles. The number of hydrogen-bond donors (Lipinski definition) is 1. The van der Waals surface area contributed by atoms with Crippen LogP contribution in [0.4, 0.5) is 21.7 Å². The summed E-state index contributed by atoms with van der Waals surface area (Å²) in [5.74, 6) is 0.223. The van der Waals surface area contributed by atoms with Crippen LogP contribution in [0.15, 0.2) is 12.3 Å². The van der Waals surface area contributed by atoms with Gasteiger partial charge in [0.1, 0.15) is 11.8 Å². The Kier molecular flexibility index (Phi) is 7.04. The van der Waals surface area contributed by atoms with Gasteiger partial charge in [-0.3, -0.25) is 4.79 Å². The van der Waals surface area contributed by atoms with Crippen LogP contribution >= 0.6 is 34.8 Å². The van der Waals surface area contributed by atoms with Gasteiger partial charge in [0.15, 0.2) is 22.6 Å². The highest BCUT2D eigenvalue weighted by molar-refractivity contribution is 6.43. The molecule has 0 spiro atoms. The zero-order valence-electron chi connectivity index (χ0n) is 17.2. The number of ether oxygens (including phenoxy) is 1. The average molecular weight is 505 g/mol. The van der Waals surface area contributed by atoms with E-state index in [0.717, 1.165) is 0 Å². The van der Waals surface area contributed by atoms with Crippen molar-refractivity contribution in [2.75, 3.05) is 60.7 Å². The standard InChI is InChI=1S/C19H21Cl3FN7O2/c1-11(31)24-8-13-9-30(10-32-13)12-6-14(23)17(25-7-12)28-2-4-29(5-3-28)18-15(20)16(21)26-19(22)27-18/h6-7,13H,2-5,8-10H2,1H3,(H,24,31). The summed E-state index contributed by atoms with van der Waals surface area (Å²) in [6.45, 7) is 4.84. The summed E-state index contributed by atoms with van der Waals surface area (Å²) < 4.78 is 20.6. The number of anilines is 3. The molecule has 13 heteroatoms. The summed E-state index contributed by atoms with van der Waals surface area (Å²) in [5, 5.41) is 3.08. The van der Waals surface area contributed by atoms with Gasteiger partial charge < -0.3 is 24.8 Å². The van der Waals surface area contributed by atoms with E-state index in [9.17, 15) is 9.18 Å². The number of amides is 1. The number of pyridine rings is 1. The van der Waals surface area contributed by atoms with E-state index in [1.54, 1.807) is 6.20 Å². The van der Waals surface area contributed by atoms with Gasteiger partial charge >= 0.3 is 0 Å².